The van der Waals surface area contributed by atoms with Crippen LogP contribution in [0.3, 0.4) is 0 Å². The molecule has 3 aromatic rings. The normalized spacial score (nSPS) is 15.4. The van der Waals surface area contributed by atoms with Crippen molar-refractivity contribution in [1.29, 1.82) is 0 Å². The highest BCUT2D eigenvalue weighted by molar-refractivity contribution is 5.93. The van der Waals surface area contributed by atoms with Crippen LogP contribution in [0, 0.1) is 12.8 Å². The highest BCUT2D eigenvalue weighted by atomic mass is 15.2. The van der Waals surface area contributed by atoms with Crippen LogP contribution in [0.1, 0.15) is 49.4 Å². The molecule has 0 spiro atoms. The van der Waals surface area contributed by atoms with Crippen molar-refractivity contribution in [2.45, 2.75) is 39.5 Å². The molecule has 1 saturated carbocycles. The summed E-state index contributed by atoms with van der Waals surface area (Å²) in [7, 11) is 0. The average molecular weight is 452 g/mol. The van der Waals surface area contributed by atoms with Crippen LogP contribution in [0.15, 0.2) is 79.8 Å². The average Bonchev–Trinajstić information content (AvgIpc) is 3.60. The summed E-state index contributed by atoms with van der Waals surface area (Å²) in [5.74, 6) is 0.541. The van der Waals surface area contributed by atoms with E-state index in [9.17, 15) is 0 Å². The minimum absolute atomic E-state index is 0.541. The highest BCUT2D eigenvalue weighted by Gasteiger charge is 2.18. The van der Waals surface area contributed by atoms with Crippen molar-refractivity contribution in [3.63, 3.8) is 0 Å². The number of pyridine rings is 1. The fourth-order valence-electron chi connectivity index (χ4n) is 4.52. The van der Waals surface area contributed by atoms with Crippen molar-refractivity contribution in [3.05, 3.63) is 96.7 Å². The summed E-state index contributed by atoms with van der Waals surface area (Å²) in [4.78, 5) is 8.08. The van der Waals surface area contributed by atoms with Crippen LogP contribution in [-0.2, 0) is 0 Å². The van der Waals surface area contributed by atoms with E-state index in [1.54, 1.807) is 6.08 Å². The molecule has 3 aromatic heterocycles. The molecule has 0 saturated heterocycles. The highest BCUT2D eigenvalue weighted by Crippen LogP contribution is 2.31. The van der Waals surface area contributed by atoms with Crippen LogP contribution in [0.25, 0.3) is 34.1 Å². The number of nitrogens with zero attached hydrogens (tertiary/aromatic N) is 2. The zero-order valence-electron chi connectivity index (χ0n) is 20.1. The van der Waals surface area contributed by atoms with Crippen molar-refractivity contribution >= 4 is 22.7 Å². The number of allylic oxidation sites excluding steroid dienone is 7. The zero-order chi connectivity index (χ0) is 24.1. The lowest BCUT2D eigenvalue weighted by molar-refractivity contribution is 0.607. The van der Waals surface area contributed by atoms with Gasteiger partial charge >= 0.3 is 0 Å². The molecule has 0 bridgehead atoms. The van der Waals surface area contributed by atoms with Crippen LogP contribution in [0.5, 0.6) is 0 Å². The van der Waals surface area contributed by atoms with Gasteiger partial charge in [-0.1, -0.05) is 56.9 Å². The Morgan fingerprint density at radius 2 is 2.00 bits per heavy atom. The van der Waals surface area contributed by atoms with E-state index in [0.29, 0.717) is 5.92 Å². The lowest BCUT2D eigenvalue weighted by Gasteiger charge is -2.16. The lowest BCUT2D eigenvalue weighted by Crippen LogP contribution is -2.16. The maximum Gasteiger partial charge on any atom is 0.155 e. The van der Waals surface area contributed by atoms with Gasteiger partial charge in [-0.05, 0) is 68.0 Å². The van der Waals surface area contributed by atoms with Gasteiger partial charge in [-0.15, -0.1) is 0 Å². The van der Waals surface area contributed by atoms with E-state index < -0.39 is 0 Å². The Morgan fingerprint density at radius 3 is 2.71 bits per heavy atom. The van der Waals surface area contributed by atoms with Crippen LogP contribution in [-0.4, -0.2) is 20.2 Å². The maximum absolute atomic E-state index is 4.64. The van der Waals surface area contributed by atoms with Gasteiger partial charge in [0.25, 0.3) is 0 Å². The maximum atomic E-state index is 4.64. The van der Waals surface area contributed by atoms with Crippen LogP contribution >= 0.6 is 0 Å². The quantitative estimate of drug-likeness (QED) is 0.301. The van der Waals surface area contributed by atoms with Gasteiger partial charge < -0.3 is 10.3 Å². The summed E-state index contributed by atoms with van der Waals surface area (Å²) in [6, 6.07) is 4.23. The minimum Gasteiger partial charge on any atom is -0.359 e. The van der Waals surface area contributed by atoms with Crippen molar-refractivity contribution in [3.8, 4) is 11.4 Å². The number of aromatic amines is 2. The Labute approximate surface area is 201 Å². The zero-order valence-corrected chi connectivity index (χ0v) is 20.1. The number of H-pyrrole nitrogens is 2. The van der Waals surface area contributed by atoms with Gasteiger partial charge in [-0.2, -0.15) is 5.10 Å². The molecule has 1 aliphatic carbocycles. The standard InChI is InChI=1S/C29H33N5/c1-6-9-12-23-17-27(32-20(23)5)28-26-16-24(18-30-29(26)34-33-28)21(7-2)15-25(8-3)31-19(4)22-13-10-11-14-22/h6-9,12,15-18,22,31-32H,1,3-4,10-11,13-14H2,2,5H3,(H,30,33,34)/b12-9-,21-7+,25-15+. The number of aromatic nitrogens is 4. The molecule has 1 fully saturated rings. The Kier molecular flexibility index (Phi) is 7.12. The fraction of sp³-hybridized carbons (Fsp3) is 0.241. The fourth-order valence-corrected chi connectivity index (χ4v) is 4.52. The van der Waals surface area contributed by atoms with Gasteiger partial charge in [0.2, 0.25) is 0 Å². The van der Waals surface area contributed by atoms with E-state index in [0.717, 1.165) is 56.2 Å². The molecule has 0 amide bonds. The summed E-state index contributed by atoms with van der Waals surface area (Å²) in [5.41, 5.74) is 8.83. The second-order valence-corrected chi connectivity index (χ2v) is 8.73. The Bertz CT molecular complexity index is 1310. The number of aryl methyl sites for hydroxylation is 1. The van der Waals surface area contributed by atoms with Crippen molar-refractivity contribution < 1.29 is 0 Å². The molecular formula is C29H33N5. The van der Waals surface area contributed by atoms with E-state index in [4.69, 9.17) is 0 Å². The predicted molar refractivity (Wildman–Crippen MR) is 144 cm³/mol. The van der Waals surface area contributed by atoms with E-state index in [1.807, 2.05) is 31.3 Å². The lowest BCUT2D eigenvalue weighted by atomic mass is 10.0. The molecule has 5 nitrogen and oxygen atoms in total. The third-order valence-electron chi connectivity index (χ3n) is 6.47. The first kappa shape index (κ1) is 23.3. The van der Waals surface area contributed by atoms with Crippen LogP contribution < -0.4 is 5.32 Å². The predicted octanol–water partition coefficient (Wildman–Crippen LogP) is 7.23. The summed E-state index contributed by atoms with van der Waals surface area (Å²) < 4.78 is 0. The molecule has 0 unspecified atom stereocenters. The molecule has 0 aliphatic heterocycles. The number of nitrogens with one attached hydrogen (secondary N) is 3. The minimum atomic E-state index is 0.541. The largest absolute Gasteiger partial charge is 0.359 e. The first-order valence-electron chi connectivity index (χ1n) is 11.8. The molecule has 3 heterocycles. The van der Waals surface area contributed by atoms with Gasteiger partial charge in [0, 0.05) is 34.2 Å². The smallest absolute Gasteiger partial charge is 0.155 e. The van der Waals surface area contributed by atoms with E-state index >= 15 is 0 Å². The van der Waals surface area contributed by atoms with Crippen molar-refractivity contribution in [2.75, 3.05) is 0 Å². The topological polar surface area (TPSA) is 69.4 Å². The van der Waals surface area contributed by atoms with Gasteiger partial charge in [-0.25, -0.2) is 4.98 Å². The van der Waals surface area contributed by atoms with Gasteiger partial charge in [0.15, 0.2) is 5.65 Å². The van der Waals surface area contributed by atoms with Gasteiger partial charge in [-0.3, -0.25) is 5.10 Å². The summed E-state index contributed by atoms with van der Waals surface area (Å²) in [6.07, 6.45) is 18.6. The number of hydrogen-bond donors (Lipinski definition) is 3. The second-order valence-electron chi connectivity index (χ2n) is 8.73. The Hall–Kier alpha value is -3.86. The second kappa shape index (κ2) is 10.4. The van der Waals surface area contributed by atoms with Crippen molar-refractivity contribution in [1.82, 2.24) is 25.5 Å². The molecule has 174 valence electrons. The van der Waals surface area contributed by atoms with Gasteiger partial charge in [0.1, 0.15) is 5.69 Å². The monoisotopic (exact) mass is 451 g/mol. The summed E-state index contributed by atoms with van der Waals surface area (Å²) in [6.45, 7) is 16.1. The number of rotatable bonds is 9. The third-order valence-corrected chi connectivity index (χ3v) is 6.47. The van der Waals surface area contributed by atoms with E-state index in [2.05, 4.69) is 76.4 Å². The number of hydrogen-bond acceptors (Lipinski definition) is 3. The molecule has 0 radical (unpaired) electrons. The summed E-state index contributed by atoms with van der Waals surface area (Å²) in [5, 5.41) is 12.1. The molecule has 0 atom stereocenters. The number of fused-ring (bicyclic) bond motifs is 1. The van der Waals surface area contributed by atoms with Crippen LogP contribution in [0.2, 0.25) is 0 Å². The molecule has 5 heteroatoms. The molecule has 34 heavy (non-hydrogen) atoms. The molecule has 4 rings (SSSR count). The molecule has 1 aliphatic rings. The van der Waals surface area contributed by atoms with Gasteiger partial charge in [0.05, 0.1) is 5.69 Å². The first-order chi connectivity index (χ1) is 16.5. The summed E-state index contributed by atoms with van der Waals surface area (Å²) >= 11 is 0. The van der Waals surface area contributed by atoms with E-state index in [-0.39, 0.29) is 0 Å². The SMILES string of the molecule is C=C/C=C\c1cc(-c2n[nH]c3ncc(C(/C=C(\C=C)NC(=C)C4CCCC4)=C/C)cc23)[nH]c1C. The van der Waals surface area contributed by atoms with E-state index in [1.165, 1.54) is 25.7 Å². The molecular weight excluding hydrogens is 418 g/mol. The first-order valence-corrected chi connectivity index (χ1v) is 11.8. The Balaban J connectivity index is 1.65. The van der Waals surface area contributed by atoms with Crippen LogP contribution in [0.4, 0.5) is 0 Å². The van der Waals surface area contributed by atoms with Crippen molar-refractivity contribution in [2.24, 2.45) is 5.92 Å². The molecule has 3 N–H and O–H groups in total. The molecule has 0 aromatic carbocycles. The Morgan fingerprint density at radius 1 is 1.21 bits per heavy atom. The third kappa shape index (κ3) is 4.88.